The van der Waals surface area contributed by atoms with E-state index in [-0.39, 0.29) is 11.9 Å². The van der Waals surface area contributed by atoms with Crippen LogP contribution < -0.4 is 10.6 Å². The van der Waals surface area contributed by atoms with E-state index in [1.54, 1.807) is 0 Å². The lowest BCUT2D eigenvalue weighted by molar-refractivity contribution is -0.117. The number of halogens is 1. The van der Waals surface area contributed by atoms with Crippen LogP contribution in [0.25, 0.3) is 0 Å². The van der Waals surface area contributed by atoms with Gasteiger partial charge in [-0.15, -0.1) is 0 Å². The van der Waals surface area contributed by atoms with Crippen LogP contribution in [0.4, 0.5) is 5.69 Å². The van der Waals surface area contributed by atoms with Gasteiger partial charge in [-0.1, -0.05) is 35.8 Å². The number of amides is 1. The lowest BCUT2D eigenvalue weighted by atomic mass is 10.0. The summed E-state index contributed by atoms with van der Waals surface area (Å²) >= 11 is 3.44. The first-order valence-corrected chi connectivity index (χ1v) is 8.17. The van der Waals surface area contributed by atoms with Crippen molar-refractivity contribution in [3.05, 3.63) is 28.2 Å². The van der Waals surface area contributed by atoms with E-state index in [2.05, 4.69) is 59.4 Å². The molecule has 1 amide bonds. The zero-order valence-corrected chi connectivity index (χ0v) is 14.7. The van der Waals surface area contributed by atoms with E-state index in [9.17, 15) is 4.79 Å². The number of hydrogen-bond donors (Lipinski definition) is 2. The number of nitrogens with one attached hydrogen (secondary N) is 2. The number of hydrogen-bond acceptors (Lipinski definition) is 3. The first-order valence-electron chi connectivity index (χ1n) is 7.38. The number of benzene rings is 1. The lowest BCUT2D eigenvalue weighted by Crippen LogP contribution is -2.43. The van der Waals surface area contributed by atoms with E-state index in [0.717, 1.165) is 28.7 Å². The molecular formula is C16H24BrN3O. The summed E-state index contributed by atoms with van der Waals surface area (Å²) in [6, 6.07) is 5.99. The Morgan fingerprint density at radius 2 is 2.10 bits per heavy atom. The molecule has 2 unspecified atom stereocenters. The minimum absolute atomic E-state index is 0.0376. The second-order valence-electron chi connectivity index (χ2n) is 6.41. The van der Waals surface area contributed by atoms with Crippen LogP contribution >= 0.6 is 15.9 Å². The van der Waals surface area contributed by atoms with Crippen molar-refractivity contribution in [1.29, 1.82) is 0 Å². The highest BCUT2D eigenvalue weighted by molar-refractivity contribution is 9.10. The highest BCUT2D eigenvalue weighted by Gasteiger charge is 2.32. The molecule has 0 radical (unpaired) electrons. The summed E-state index contributed by atoms with van der Waals surface area (Å²) in [5.74, 6) is 0.631. The Balaban J connectivity index is 2.15. The summed E-state index contributed by atoms with van der Waals surface area (Å²) in [5, 5.41) is 6.49. The standard InChI is InChI=1S/C16H24BrN3O/c1-10(2)7-12(9-20(3)4)18-15-13-6-5-11(17)8-14(13)19-16(15)21/h5-6,8,10,12,15,18H,7,9H2,1-4H3,(H,19,21). The minimum atomic E-state index is -0.253. The van der Waals surface area contributed by atoms with Crippen LogP contribution in [-0.4, -0.2) is 37.5 Å². The van der Waals surface area contributed by atoms with Gasteiger partial charge in [0.05, 0.1) is 0 Å². The van der Waals surface area contributed by atoms with Gasteiger partial charge in [-0.05, 0) is 38.6 Å². The molecule has 116 valence electrons. The maximum Gasteiger partial charge on any atom is 0.246 e. The average Bonchev–Trinajstić information content (AvgIpc) is 2.63. The van der Waals surface area contributed by atoms with Crippen molar-refractivity contribution >= 4 is 27.5 Å². The molecule has 21 heavy (non-hydrogen) atoms. The number of likely N-dealkylation sites (N-methyl/N-ethyl adjacent to an activating group) is 1. The number of carbonyl (C=O) groups excluding carboxylic acids is 1. The van der Waals surface area contributed by atoms with Crippen molar-refractivity contribution in [2.24, 2.45) is 5.92 Å². The zero-order valence-electron chi connectivity index (χ0n) is 13.1. The largest absolute Gasteiger partial charge is 0.324 e. The smallest absolute Gasteiger partial charge is 0.246 e. The lowest BCUT2D eigenvalue weighted by Gasteiger charge is -2.26. The number of anilines is 1. The first-order chi connectivity index (χ1) is 9.86. The van der Waals surface area contributed by atoms with Gasteiger partial charge in [-0.2, -0.15) is 0 Å². The van der Waals surface area contributed by atoms with Gasteiger partial charge in [0, 0.05) is 28.3 Å². The highest BCUT2D eigenvalue weighted by Crippen LogP contribution is 2.33. The molecule has 1 aliphatic rings. The summed E-state index contributed by atoms with van der Waals surface area (Å²) in [6.45, 7) is 5.35. The molecule has 2 atom stereocenters. The third-order valence-electron chi connectivity index (χ3n) is 3.59. The van der Waals surface area contributed by atoms with Gasteiger partial charge in [-0.3, -0.25) is 10.1 Å². The Hall–Kier alpha value is -0.910. The van der Waals surface area contributed by atoms with E-state index < -0.39 is 0 Å². The topological polar surface area (TPSA) is 44.4 Å². The van der Waals surface area contributed by atoms with E-state index in [1.165, 1.54) is 0 Å². The van der Waals surface area contributed by atoms with Gasteiger partial charge in [-0.25, -0.2) is 0 Å². The molecule has 1 aromatic rings. The Kier molecular flexibility index (Phi) is 5.41. The normalized spacial score (nSPS) is 19.0. The molecule has 0 saturated heterocycles. The second kappa shape index (κ2) is 6.90. The Bertz CT molecular complexity index is 506. The molecule has 0 spiro atoms. The number of rotatable bonds is 6. The Labute approximate surface area is 135 Å². The molecule has 0 aliphatic carbocycles. The molecule has 0 saturated carbocycles. The van der Waals surface area contributed by atoms with Crippen LogP contribution in [0.3, 0.4) is 0 Å². The minimum Gasteiger partial charge on any atom is -0.324 e. The van der Waals surface area contributed by atoms with E-state index in [1.807, 2.05) is 18.2 Å². The van der Waals surface area contributed by atoms with Crippen LogP contribution in [0.1, 0.15) is 31.9 Å². The van der Waals surface area contributed by atoms with Crippen molar-refractivity contribution in [3.8, 4) is 0 Å². The molecule has 2 rings (SSSR count). The molecule has 0 bridgehead atoms. The Morgan fingerprint density at radius 1 is 1.38 bits per heavy atom. The molecule has 0 aromatic heterocycles. The fourth-order valence-electron chi connectivity index (χ4n) is 2.84. The fourth-order valence-corrected chi connectivity index (χ4v) is 3.20. The number of nitrogens with zero attached hydrogens (tertiary/aromatic N) is 1. The van der Waals surface area contributed by atoms with Crippen molar-refractivity contribution in [2.75, 3.05) is 26.0 Å². The molecule has 4 nitrogen and oxygen atoms in total. The van der Waals surface area contributed by atoms with Gasteiger partial charge in [0.2, 0.25) is 5.91 Å². The molecule has 1 aliphatic heterocycles. The van der Waals surface area contributed by atoms with Gasteiger partial charge in [0.1, 0.15) is 6.04 Å². The predicted molar refractivity (Wildman–Crippen MR) is 90.4 cm³/mol. The van der Waals surface area contributed by atoms with Gasteiger partial charge < -0.3 is 10.2 Å². The highest BCUT2D eigenvalue weighted by atomic mass is 79.9. The first kappa shape index (κ1) is 16.5. The maximum atomic E-state index is 12.2. The molecule has 1 aromatic carbocycles. The molecule has 0 fully saturated rings. The van der Waals surface area contributed by atoms with Gasteiger partial charge in [0.15, 0.2) is 0 Å². The van der Waals surface area contributed by atoms with Crippen LogP contribution in [0.2, 0.25) is 0 Å². The summed E-state index contributed by atoms with van der Waals surface area (Å²) in [7, 11) is 4.13. The third-order valence-corrected chi connectivity index (χ3v) is 4.08. The number of carbonyl (C=O) groups is 1. The summed E-state index contributed by atoms with van der Waals surface area (Å²) in [5.41, 5.74) is 1.94. The predicted octanol–water partition coefficient (Wildman–Crippen LogP) is 3.01. The zero-order chi connectivity index (χ0) is 15.6. The van der Waals surface area contributed by atoms with Crippen LogP contribution in [-0.2, 0) is 4.79 Å². The maximum absolute atomic E-state index is 12.2. The average molecular weight is 354 g/mol. The summed E-state index contributed by atoms with van der Waals surface area (Å²) < 4.78 is 0.981. The van der Waals surface area contributed by atoms with Crippen LogP contribution in [0.15, 0.2) is 22.7 Å². The van der Waals surface area contributed by atoms with Crippen LogP contribution in [0.5, 0.6) is 0 Å². The molecule has 5 heteroatoms. The van der Waals surface area contributed by atoms with Crippen LogP contribution in [0, 0.1) is 5.92 Å². The molecular weight excluding hydrogens is 330 g/mol. The summed E-state index contributed by atoms with van der Waals surface area (Å²) in [6.07, 6.45) is 1.05. The molecule has 1 heterocycles. The van der Waals surface area contributed by atoms with E-state index >= 15 is 0 Å². The second-order valence-corrected chi connectivity index (χ2v) is 7.32. The van der Waals surface area contributed by atoms with Crippen molar-refractivity contribution in [3.63, 3.8) is 0 Å². The molecule has 2 N–H and O–H groups in total. The van der Waals surface area contributed by atoms with E-state index in [0.29, 0.717) is 12.0 Å². The monoisotopic (exact) mass is 353 g/mol. The van der Waals surface area contributed by atoms with E-state index in [4.69, 9.17) is 0 Å². The van der Waals surface area contributed by atoms with Crippen molar-refractivity contribution < 1.29 is 4.79 Å². The van der Waals surface area contributed by atoms with Crippen molar-refractivity contribution in [1.82, 2.24) is 10.2 Å². The summed E-state index contributed by atoms with van der Waals surface area (Å²) in [4.78, 5) is 14.4. The Morgan fingerprint density at radius 3 is 2.71 bits per heavy atom. The number of fused-ring (bicyclic) bond motifs is 1. The van der Waals surface area contributed by atoms with Gasteiger partial charge >= 0.3 is 0 Å². The quantitative estimate of drug-likeness (QED) is 0.826. The van der Waals surface area contributed by atoms with Crippen molar-refractivity contribution in [2.45, 2.75) is 32.4 Å². The fraction of sp³-hybridized carbons (Fsp3) is 0.562. The van der Waals surface area contributed by atoms with Gasteiger partial charge in [0.25, 0.3) is 0 Å². The third kappa shape index (κ3) is 4.28. The SMILES string of the molecule is CC(C)CC(CN(C)C)NC1C(=O)Nc2cc(Br)ccc21.